The highest BCUT2D eigenvalue weighted by molar-refractivity contribution is 6.33. The van der Waals surface area contributed by atoms with Crippen LogP contribution in [0.2, 0.25) is 10.2 Å². The lowest BCUT2D eigenvalue weighted by molar-refractivity contribution is 0.0845. The molecule has 0 saturated carbocycles. The zero-order valence-corrected chi connectivity index (χ0v) is 9.18. The van der Waals surface area contributed by atoms with E-state index >= 15 is 0 Å². The Morgan fingerprint density at radius 3 is 2.57 bits per heavy atom. The lowest BCUT2D eigenvalue weighted by Crippen LogP contribution is -2.15. The van der Waals surface area contributed by atoms with E-state index in [9.17, 15) is 0 Å². The molecule has 0 bridgehead atoms. The Morgan fingerprint density at radius 1 is 1.21 bits per heavy atom. The summed E-state index contributed by atoms with van der Waals surface area (Å²) in [6.45, 7) is 1.60. The fraction of sp³-hybridized carbons (Fsp3) is 0.500. The zero-order chi connectivity index (χ0) is 9.97. The van der Waals surface area contributed by atoms with Crippen LogP contribution in [0.1, 0.15) is 24.5 Å². The average Bonchev–Trinajstić information content (AvgIpc) is 2.18. The van der Waals surface area contributed by atoms with Crippen molar-refractivity contribution in [3.8, 4) is 0 Å². The summed E-state index contributed by atoms with van der Waals surface area (Å²) in [5.41, 5.74) is 0.991. The summed E-state index contributed by atoms with van der Waals surface area (Å²) in [7, 11) is 0. The van der Waals surface area contributed by atoms with Crippen molar-refractivity contribution in [3.63, 3.8) is 0 Å². The minimum absolute atomic E-state index is 0.444. The summed E-state index contributed by atoms with van der Waals surface area (Å²) in [4.78, 5) is 4.28. The maximum absolute atomic E-state index is 5.91. The molecule has 1 aliphatic rings. The molecule has 2 heterocycles. The van der Waals surface area contributed by atoms with Crippen LogP contribution in [0.15, 0.2) is 12.1 Å². The third kappa shape index (κ3) is 2.38. The van der Waals surface area contributed by atoms with Crippen LogP contribution >= 0.6 is 23.2 Å². The van der Waals surface area contributed by atoms with E-state index in [0.29, 0.717) is 16.1 Å². The second kappa shape index (κ2) is 4.47. The molecule has 1 aromatic heterocycles. The van der Waals surface area contributed by atoms with Crippen LogP contribution < -0.4 is 0 Å². The second-order valence-corrected chi connectivity index (χ2v) is 4.24. The maximum Gasteiger partial charge on any atom is 0.130 e. The van der Waals surface area contributed by atoms with Crippen LogP contribution in [0.3, 0.4) is 0 Å². The number of halogens is 2. The Balaban J connectivity index is 2.21. The smallest absolute Gasteiger partial charge is 0.130 e. The van der Waals surface area contributed by atoms with E-state index in [1.165, 1.54) is 0 Å². The Morgan fingerprint density at radius 2 is 1.93 bits per heavy atom. The maximum atomic E-state index is 5.91. The average molecular weight is 232 g/mol. The topological polar surface area (TPSA) is 22.1 Å². The highest BCUT2D eigenvalue weighted by atomic mass is 35.5. The minimum atomic E-state index is 0.444. The first-order chi connectivity index (χ1) is 6.75. The highest BCUT2D eigenvalue weighted by Gasteiger charge is 2.17. The summed E-state index contributed by atoms with van der Waals surface area (Å²) in [5.74, 6) is 0.444. The fourth-order valence-corrected chi connectivity index (χ4v) is 2.17. The first kappa shape index (κ1) is 10.2. The first-order valence-corrected chi connectivity index (χ1v) is 5.42. The molecule has 1 fully saturated rings. The van der Waals surface area contributed by atoms with Gasteiger partial charge in [-0.1, -0.05) is 23.2 Å². The van der Waals surface area contributed by atoms with Crippen molar-refractivity contribution in [2.24, 2.45) is 0 Å². The van der Waals surface area contributed by atoms with Crippen molar-refractivity contribution in [2.45, 2.75) is 18.8 Å². The van der Waals surface area contributed by atoms with Crippen LogP contribution in [0, 0.1) is 0 Å². The molecule has 2 nitrogen and oxygen atoms in total. The van der Waals surface area contributed by atoms with Crippen LogP contribution in [0.5, 0.6) is 0 Å². The Kier molecular flexibility index (Phi) is 3.26. The van der Waals surface area contributed by atoms with Gasteiger partial charge in [-0.05, 0) is 25.0 Å². The van der Waals surface area contributed by atoms with Gasteiger partial charge in [-0.25, -0.2) is 4.98 Å². The predicted octanol–water partition coefficient (Wildman–Crippen LogP) is 3.28. The molecule has 0 amide bonds. The van der Waals surface area contributed by atoms with E-state index in [0.717, 1.165) is 31.7 Å². The number of nitrogens with zero attached hydrogens (tertiary/aromatic N) is 1. The summed E-state index contributed by atoms with van der Waals surface area (Å²) in [6, 6.07) is 3.55. The number of pyridine rings is 1. The molecule has 0 N–H and O–H groups in total. The molecule has 0 aromatic carbocycles. The number of rotatable bonds is 1. The van der Waals surface area contributed by atoms with Gasteiger partial charge in [0.2, 0.25) is 0 Å². The molecule has 4 heteroatoms. The van der Waals surface area contributed by atoms with Crippen molar-refractivity contribution in [2.75, 3.05) is 13.2 Å². The molecule has 2 rings (SSSR count). The van der Waals surface area contributed by atoms with Gasteiger partial charge in [0, 0.05) is 29.8 Å². The van der Waals surface area contributed by atoms with E-state index in [4.69, 9.17) is 27.9 Å². The summed E-state index contributed by atoms with van der Waals surface area (Å²) in [6.07, 6.45) is 2.01. The van der Waals surface area contributed by atoms with Gasteiger partial charge in [0.15, 0.2) is 0 Å². The monoisotopic (exact) mass is 231 g/mol. The lowest BCUT2D eigenvalue weighted by atomic mass is 9.96. The SMILES string of the molecule is Clc1cc(Cl)nc(C2CCOCC2)c1. The quantitative estimate of drug-likeness (QED) is 0.693. The number of ether oxygens (including phenoxy) is 1. The molecule has 76 valence electrons. The van der Waals surface area contributed by atoms with Crippen LogP contribution in [-0.2, 0) is 4.74 Å². The fourth-order valence-electron chi connectivity index (χ4n) is 1.69. The van der Waals surface area contributed by atoms with Gasteiger partial charge >= 0.3 is 0 Å². The molecular formula is C10H11Cl2NO. The van der Waals surface area contributed by atoms with Crippen molar-refractivity contribution in [1.29, 1.82) is 0 Å². The first-order valence-electron chi connectivity index (χ1n) is 4.66. The van der Waals surface area contributed by atoms with Crippen LogP contribution in [0.4, 0.5) is 0 Å². The second-order valence-electron chi connectivity index (χ2n) is 3.42. The normalized spacial score (nSPS) is 18.4. The highest BCUT2D eigenvalue weighted by Crippen LogP contribution is 2.28. The van der Waals surface area contributed by atoms with Gasteiger partial charge < -0.3 is 4.74 Å². The summed E-state index contributed by atoms with van der Waals surface area (Å²) >= 11 is 11.8. The molecule has 14 heavy (non-hydrogen) atoms. The van der Waals surface area contributed by atoms with E-state index in [2.05, 4.69) is 4.98 Å². The van der Waals surface area contributed by atoms with Crippen LogP contribution in [-0.4, -0.2) is 18.2 Å². The number of hydrogen-bond acceptors (Lipinski definition) is 2. The van der Waals surface area contributed by atoms with Gasteiger partial charge in [-0.15, -0.1) is 0 Å². The predicted molar refractivity (Wildman–Crippen MR) is 57.1 cm³/mol. The third-order valence-electron chi connectivity index (χ3n) is 2.42. The molecule has 1 aromatic rings. The zero-order valence-electron chi connectivity index (χ0n) is 7.67. The molecule has 0 atom stereocenters. The molecule has 0 spiro atoms. The molecule has 1 aliphatic heterocycles. The van der Waals surface area contributed by atoms with Crippen molar-refractivity contribution < 1.29 is 4.74 Å². The molecule has 0 unspecified atom stereocenters. The van der Waals surface area contributed by atoms with E-state index in [1.54, 1.807) is 6.07 Å². The van der Waals surface area contributed by atoms with E-state index in [-0.39, 0.29) is 0 Å². The van der Waals surface area contributed by atoms with Crippen molar-refractivity contribution in [1.82, 2.24) is 4.98 Å². The Hall–Kier alpha value is -0.310. The minimum Gasteiger partial charge on any atom is -0.381 e. The summed E-state index contributed by atoms with van der Waals surface area (Å²) < 4.78 is 5.29. The standard InChI is InChI=1S/C10H11Cl2NO/c11-8-5-9(13-10(12)6-8)7-1-3-14-4-2-7/h5-7H,1-4H2. The van der Waals surface area contributed by atoms with Gasteiger partial charge in [-0.2, -0.15) is 0 Å². The van der Waals surface area contributed by atoms with Crippen molar-refractivity contribution >= 4 is 23.2 Å². The molecule has 0 aliphatic carbocycles. The lowest BCUT2D eigenvalue weighted by Gasteiger charge is -2.21. The Bertz CT molecular complexity index is 304. The van der Waals surface area contributed by atoms with Crippen molar-refractivity contribution in [3.05, 3.63) is 28.0 Å². The molecule has 1 saturated heterocycles. The van der Waals surface area contributed by atoms with Gasteiger partial charge in [0.25, 0.3) is 0 Å². The molecular weight excluding hydrogens is 221 g/mol. The van der Waals surface area contributed by atoms with Gasteiger partial charge in [0.1, 0.15) is 5.15 Å². The summed E-state index contributed by atoms with van der Waals surface area (Å²) in [5, 5.41) is 1.13. The molecule has 0 radical (unpaired) electrons. The van der Waals surface area contributed by atoms with Gasteiger partial charge in [0.05, 0.1) is 0 Å². The third-order valence-corrected chi connectivity index (χ3v) is 2.83. The van der Waals surface area contributed by atoms with E-state index < -0.39 is 0 Å². The van der Waals surface area contributed by atoms with Crippen LogP contribution in [0.25, 0.3) is 0 Å². The largest absolute Gasteiger partial charge is 0.381 e. The Labute approximate surface area is 93.2 Å². The number of aromatic nitrogens is 1. The number of hydrogen-bond donors (Lipinski definition) is 0. The van der Waals surface area contributed by atoms with E-state index in [1.807, 2.05) is 6.07 Å². The van der Waals surface area contributed by atoms with Gasteiger partial charge in [-0.3, -0.25) is 0 Å².